The predicted molar refractivity (Wildman–Crippen MR) is 60.6 cm³/mol. The van der Waals surface area contributed by atoms with Crippen LogP contribution in [-0.2, 0) is 0 Å². The summed E-state index contributed by atoms with van der Waals surface area (Å²) in [6, 6.07) is 8.03. The molecular formula is C12H19NO. The average Bonchev–Trinajstić information content (AvgIpc) is 2.27. The fraction of sp³-hybridized carbons (Fsp3) is 0.500. The van der Waals surface area contributed by atoms with Crippen LogP contribution in [0.1, 0.15) is 31.9 Å². The minimum Gasteiger partial charge on any atom is -0.388 e. The van der Waals surface area contributed by atoms with Crippen LogP contribution in [0.15, 0.2) is 24.3 Å². The minimum atomic E-state index is -0.347. The summed E-state index contributed by atoms with van der Waals surface area (Å²) in [5, 5.41) is 9.83. The summed E-state index contributed by atoms with van der Waals surface area (Å²) in [6.45, 7) is 5.05. The summed E-state index contributed by atoms with van der Waals surface area (Å²) < 4.78 is 0. The van der Waals surface area contributed by atoms with Gasteiger partial charge in [0.25, 0.3) is 0 Å². The second-order valence-corrected chi connectivity index (χ2v) is 3.50. The Hall–Kier alpha value is -1.02. The van der Waals surface area contributed by atoms with E-state index in [9.17, 15) is 5.11 Å². The van der Waals surface area contributed by atoms with E-state index in [4.69, 9.17) is 0 Å². The van der Waals surface area contributed by atoms with Gasteiger partial charge >= 0.3 is 0 Å². The van der Waals surface area contributed by atoms with Gasteiger partial charge in [-0.15, -0.1) is 0 Å². The summed E-state index contributed by atoms with van der Waals surface area (Å²) in [5.74, 6) is 0. The molecule has 0 saturated heterocycles. The molecule has 0 aliphatic rings. The van der Waals surface area contributed by atoms with Crippen LogP contribution in [0.3, 0.4) is 0 Å². The Morgan fingerprint density at radius 3 is 2.50 bits per heavy atom. The second-order valence-electron chi connectivity index (χ2n) is 3.50. The number of rotatable bonds is 4. The Labute approximate surface area is 86.2 Å². The monoisotopic (exact) mass is 193 g/mol. The van der Waals surface area contributed by atoms with E-state index in [-0.39, 0.29) is 6.10 Å². The largest absolute Gasteiger partial charge is 0.388 e. The van der Waals surface area contributed by atoms with Crippen molar-refractivity contribution in [2.45, 2.75) is 26.4 Å². The quantitative estimate of drug-likeness (QED) is 0.794. The molecule has 2 heteroatoms. The molecule has 1 atom stereocenters. The Bertz CT molecular complexity index is 256. The van der Waals surface area contributed by atoms with Crippen LogP contribution in [0, 0.1) is 0 Å². The molecule has 0 aliphatic heterocycles. The number of aliphatic hydroxyl groups is 1. The molecule has 1 rings (SSSR count). The highest BCUT2D eigenvalue weighted by atomic mass is 16.3. The molecule has 78 valence electrons. The summed E-state index contributed by atoms with van der Waals surface area (Å²) in [6.07, 6.45) is 0.411. The second kappa shape index (κ2) is 5.01. The number of aliphatic hydroxyl groups excluding tert-OH is 1. The van der Waals surface area contributed by atoms with Gasteiger partial charge in [0, 0.05) is 24.8 Å². The van der Waals surface area contributed by atoms with E-state index in [1.807, 2.05) is 32.2 Å². The lowest BCUT2D eigenvalue weighted by Crippen LogP contribution is -2.18. The average molecular weight is 193 g/mol. The van der Waals surface area contributed by atoms with Crippen molar-refractivity contribution in [1.82, 2.24) is 0 Å². The highest BCUT2D eigenvalue weighted by Gasteiger charge is 2.11. The van der Waals surface area contributed by atoms with Gasteiger partial charge in [-0.1, -0.05) is 25.1 Å². The van der Waals surface area contributed by atoms with Crippen molar-refractivity contribution in [2.24, 2.45) is 0 Å². The number of nitrogens with zero attached hydrogens (tertiary/aromatic N) is 1. The maximum Gasteiger partial charge on any atom is 0.0807 e. The lowest BCUT2D eigenvalue weighted by Gasteiger charge is -2.22. The van der Waals surface area contributed by atoms with Crippen molar-refractivity contribution in [2.75, 3.05) is 18.5 Å². The molecule has 1 aromatic rings. The zero-order valence-electron chi connectivity index (χ0n) is 9.20. The Morgan fingerprint density at radius 1 is 1.29 bits per heavy atom. The summed E-state index contributed by atoms with van der Waals surface area (Å²) in [4.78, 5) is 2.15. The van der Waals surface area contributed by atoms with Crippen LogP contribution in [0.5, 0.6) is 0 Å². The van der Waals surface area contributed by atoms with Gasteiger partial charge < -0.3 is 10.0 Å². The number of para-hydroxylation sites is 1. The third-order valence-electron chi connectivity index (χ3n) is 2.57. The molecule has 1 unspecified atom stereocenters. The molecule has 0 saturated carbocycles. The Kier molecular flexibility index (Phi) is 3.96. The van der Waals surface area contributed by atoms with Crippen molar-refractivity contribution in [3.63, 3.8) is 0 Å². The number of hydrogen-bond donors (Lipinski definition) is 1. The molecule has 0 aliphatic carbocycles. The number of benzene rings is 1. The van der Waals surface area contributed by atoms with Crippen molar-refractivity contribution in [3.05, 3.63) is 29.8 Å². The first-order valence-electron chi connectivity index (χ1n) is 5.18. The first kappa shape index (κ1) is 11.1. The van der Waals surface area contributed by atoms with Crippen LogP contribution in [0.2, 0.25) is 0 Å². The topological polar surface area (TPSA) is 23.5 Å². The molecule has 14 heavy (non-hydrogen) atoms. The first-order valence-corrected chi connectivity index (χ1v) is 5.18. The Morgan fingerprint density at radius 2 is 1.93 bits per heavy atom. The third-order valence-corrected chi connectivity index (χ3v) is 2.57. The molecule has 2 nitrogen and oxygen atoms in total. The van der Waals surface area contributed by atoms with Crippen molar-refractivity contribution < 1.29 is 5.11 Å². The van der Waals surface area contributed by atoms with Gasteiger partial charge in [-0.05, 0) is 19.4 Å². The standard InChI is InChI=1S/C12H19NO/c1-4-12(14)10-8-6-7-9-11(10)13(3)5-2/h6-9,12,14H,4-5H2,1-3H3. The molecule has 0 spiro atoms. The van der Waals surface area contributed by atoms with E-state index in [0.29, 0.717) is 0 Å². The molecule has 0 fully saturated rings. The van der Waals surface area contributed by atoms with Crippen molar-refractivity contribution in [1.29, 1.82) is 0 Å². The van der Waals surface area contributed by atoms with Gasteiger partial charge in [0.15, 0.2) is 0 Å². The van der Waals surface area contributed by atoms with Gasteiger partial charge in [-0.3, -0.25) is 0 Å². The van der Waals surface area contributed by atoms with Crippen molar-refractivity contribution >= 4 is 5.69 Å². The first-order chi connectivity index (χ1) is 6.70. The highest BCUT2D eigenvalue weighted by Crippen LogP contribution is 2.26. The molecular weight excluding hydrogens is 174 g/mol. The highest BCUT2D eigenvalue weighted by molar-refractivity contribution is 5.53. The smallest absolute Gasteiger partial charge is 0.0807 e. The summed E-state index contributed by atoms with van der Waals surface area (Å²) >= 11 is 0. The zero-order chi connectivity index (χ0) is 10.6. The van der Waals surface area contributed by atoms with Gasteiger partial charge in [0.05, 0.1) is 6.10 Å². The van der Waals surface area contributed by atoms with Gasteiger partial charge in [-0.25, -0.2) is 0 Å². The van der Waals surface area contributed by atoms with Crippen LogP contribution in [0.4, 0.5) is 5.69 Å². The maximum atomic E-state index is 9.83. The van der Waals surface area contributed by atoms with Crippen LogP contribution in [-0.4, -0.2) is 18.7 Å². The van der Waals surface area contributed by atoms with E-state index in [1.54, 1.807) is 0 Å². The lowest BCUT2D eigenvalue weighted by molar-refractivity contribution is 0.174. The van der Waals surface area contributed by atoms with Gasteiger partial charge in [-0.2, -0.15) is 0 Å². The normalized spacial score (nSPS) is 12.6. The van der Waals surface area contributed by atoms with Crippen molar-refractivity contribution in [3.8, 4) is 0 Å². The van der Waals surface area contributed by atoms with Crippen LogP contribution in [0.25, 0.3) is 0 Å². The third kappa shape index (κ3) is 2.26. The van der Waals surface area contributed by atoms with E-state index in [2.05, 4.69) is 17.9 Å². The Balaban J connectivity index is 3.02. The van der Waals surface area contributed by atoms with E-state index in [0.717, 1.165) is 24.2 Å². The molecule has 1 aromatic carbocycles. The number of hydrogen-bond acceptors (Lipinski definition) is 2. The molecule has 0 amide bonds. The van der Waals surface area contributed by atoms with E-state index in [1.165, 1.54) is 0 Å². The molecule has 0 bridgehead atoms. The molecule has 0 heterocycles. The zero-order valence-corrected chi connectivity index (χ0v) is 9.20. The van der Waals surface area contributed by atoms with Crippen LogP contribution >= 0.6 is 0 Å². The fourth-order valence-corrected chi connectivity index (χ4v) is 1.51. The lowest BCUT2D eigenvalue weighted by atomic mass is 10.0. The minimum absolute atomic E-state index is 0.347. The maximum absolute atomic E-state index is 9.83. The predicted octanol–water partition coefficient (Wildman–Crippen LogP) is 2.59. The van der Waals surface area contributed by atoms with Crippen LogP contribution < -0.4 is 4.90 Å². The summed E-state index contributed by atoms with van der Waals surface area (Å²) in [7, 11) is 2.04. The van der Waals surface area contributed by atoms with E-state index >= 15 is 0 Å². The summed E-state index contributed by atoms with van der Waals surface area (Å²) in [5.41, 5.74) is 2.16. The SMILES string of the molecule is CCC(O)c1ccccc1N(C)CC. The fourth-order valence-electron chi connectivity index (χ4n) is 1.51. The number of anilines is 1. The molecule has 1 N–H and O–H groups in total. The van der Waals surface area contributed by atoms with Gasteiger partial charge in [0.2, 0.25) is 0 Å². The molecule has 0 aromatic heterocycles. The van der Waals surface area contributed by atoms with E-state index < -0.39 is 0 Å². The molecule has 0 radical (unpaired) electrons. The van der Waals surface area contributed by atoms with Gasteiger partial charge in [0.1, 0.15) is 0 Å².